The highest BCUT2D eigenvalue weighted by Gasteiger charge is 2.11. The average molecular weight is 235 g/mol. The Morgan fingerprint density at radius 2 is 2.35 bits per heavy atom. The molecular formula is C10H13N5O2. The first-order valence-corrected chi connectivity index (χ1v) is 5.15. The van der Waals surface area contributed by atoms with Crippen molar-refractivity contribution in [2.45, 2.75) is 0 Å². The lowest BCUT2D eigenvalue weighted by molar-refractivity contribution is 0.202. The number of rotatable bonds is 3. The zero-order valence-electron chi connectivity index (χ0n) is 9.37. The van der Waals surface area contributed by atoms with Gasteiger partial charge in [0, 0.05) is 19.8 Å². The molecule has 0 saturated carbocycles. The average Bonchev–Trinajstić information content (AvgIpc) is 2.73. The van der Waals surface area contributed by atoms with Crippen LogP contribution in [0.25, 0.3) is 5.65 Å². The maximum absolute atomic E-state index is 11.7. The van der Waals surface area contributed by atoms with Gasteiger partial charge in [-0.1, -0.05) is 6.07 Å². The van der Waals surface area contributed by atoms with Crippen LogP contribution in [0.15, 0.2) is 24.4 Å². The van der Waals surface area contributed by atoms with Gasteiger partial charge >= 0.3 is 6.03 Å². The molecule has 2 heterocycles. The van der Waals surface area contributed by atoms with Gasteiger partial charge in [-0.15, -0.1) is 10.2 Å². The zero-order valence-corrected chi connectivity index (χ0v) is 9.37. The molecule has 0 aliphatic carbocycles. The molecule has 17 heavy (non-hydrogen) atoms. The number of likely N-dealkylation sites (N-methyl/N-ethyl adjacent to an activating group) is 1. The molecule has 0 unspecified atom stereocenters. The number of urea groups is 1. The molecule has 0 atom stereocenters. The molecule has 2 aromatic rings. The Kier molecular flexibility index (Phi) is 3.20. The summed E-state index contributed by atoms with van der Waals surface area (Å²) in [6, 6.07) is 5.12. The van der Waals surface area contributed by atoms with Crippen molar-refractivity contribution in [3.8, 4) is 0 Å². The number of nitrogens with zero attached hydrogens (tertiary/aromatic N) is 4. The molecule has 0 bridgehead atoms. The van der Waals surface area contributed by atoms with E-state index in [9.17, 15) is 4.79 Å². The summed E-state index contributed by atoms with van der Waals surface area (Å²) in [6.45, 7) is 0.188. The summed E-state index contributed by atoms with van der Waals surface area (Å²) in [5, 5.41) is 19.1. The van der Waals surface area contributed by atoms with Crippen LogP contribution in [0.1, 0.15) is 0 Å². The molecule has 0 fully saturated rings. The molecule has 2 N–H and O–H groups in total. The number of pyridine rings is 1. The SMILES string of the molecule is CN(CCO)C(=O)Nc1nnc2ccccn12. The second kappa shape index (κ2) is 4.79. The third-order valence-corrected chi connectivity index (χ3v) is 2.31. The second-order valence-electron chi connectivity index (χ2n) is 3.53. The van der Waals surface area contributed by atoms with E-state index in [2.05, 4.69) is 15.5 Å². The third kappa shape index (κ3) is 2.34. The summed E-state index contributed by atoms with van der Waals surface area (Å²) < 4.78 is 1.67. The molecule has 0 saturated heterocycles. The van der Waals surface area contributed by atoms with E-state index in [0.717, 1.165) is 0 Å². The first-order valence-electron chi connectivity index (χ1n) is 5.15. The zero-order chi connectivity index (χ0) is 12.3. The van der Waals surface area contributed by atoms with E-state index >= 15 is 0 Å². The third-order valence-electron chi connectivity index (χ3n) is 2.31. The number of hydrogen-bond donors (Lipinski definition) is 2. The summed E-state index contributed by atoms with van der Waals surface area (Å²) in [6.07, 6.45) is 1.76. The number of carbonyl (C=O) groups is 1. The molecule has 2 amide bonds. The van der Waals surface area contributed by atoms with Gasteiger partial charge in [-0.25, -0.2) is 4.79 Å². The minimum atomic E-state index is -0.336. The number of nitrogens with one attached hydrogen (secondary N) is 1. The maximum Gasteiger partial charge on any atom is 0.324 e. The summed E-state index contributed by atoms with van der Waals surface area (Å²) >= 11 is 0. The smallest absolute Gasteiger partial charge is 0.324 e. The maximum atomic E-state index is 11.7. The van der Waals surface area contributed by atoms with Crippen molar-refractivity contribution in [3.05, 3.63) is 24.4 Å². The minimum absolute atomic E-state index is 0.0789. The number of aliphatic hydroxyl groups is 1. The standard InChI is InChI=1S/C10H13N5O2/c1-14(6-7-16)10(17)11-9-13-12-8-4-2-3-5-15(8)9/h2-5,16H,6-7H2,1H3,(H,11,13,17). The van der Waals surface area contributed by atoms with Crippen LogP contribution in [0.3, 0.4) is 0 Å². The Bertz CT molecular complexity index is 524. The van der Waals surface area contributed by atoms with Crippen molar-refractivity contribution in [3.63, 3.8) is 0 Å². The first-order chi connectivity index (χ1) is 8.22. The molecule has 7 heteroatoms. The predicted molar refractivity (Wildman–Crippen MR) is 61.7 cm³/mol. The first kappa shape index (κ1) is 11.3. The van der Waals surface area contributed by atoms with Gasteiger partial charge in [-0.05, 0) is 12.1 Å². The van der Waals surface area contributed by atoms with Gasteiger partial charge in [0.15, 0.2) is 5.65 Å². The van der Waals surface area contributed by atoms with Gasteiger partial charge in [0.25, 0.3) is 0 Å². The number of carbonyl (C=O) groups excluding carboxylic acids is 1. The molecule has 0 radical (unpaired) electrons. The van der Waals surface area contributed by atoms with Crippen LogP contribution in [0.4, 0.5) is 10.7 Å². The largest absolute Gasteiger partial charge is 0.395 e. The van der Waals surface area contributed by atoms with E-state index in [1.165, 1.54) is 4.90 Å². The molecule has 0 aliphatic rings. The van der Waals surface area contributed by atoms with E-state index in [1.807, 2.05) is 12.1 Å². The van der Waals surface area contributed by atoms with Crippen LogP contribution < -0.4 is 5.32 Å². The summed E-state index contributed by atoms with van der Waals surface area (Å²) in [7, 11) is 1.59. The van der Waals surface area contributed by atoms with Crippen molar-refractivity contribution in [2.75, 3.05) is 25.5 Å². The molecule has 7 nitrogen and oxygen atoms in total. The Morgan fingerprint density at radius 3 is 3.12 bits per heavy atom. The number of aliphatic hydroxyl groups excluding tert-OH is 1. The molecule has 2 rings (SSSR count). The molecule has 2 aromatic heterocycles. The topological polar surface area (TPSA) is 82.8 Å². The van der Waals surface area contributed by atoms with Crippen LogP contribution in [-0.2, 0) is 0 Å². The normalized spacial score (nSPS) is 10.5. The molecule has 0 aliphatic heterocycles. The number of amides is 2. The fraction of sp³-hybridized carbons (Fsp3) is 0.300. The fourth-order valence-electron chi connectivity index (χ4n) is 1.37. The van der Waals surface area contributed by atoms with E-state index in [4.69, 9.17) is 5.11 Å². The molecule has 0 spiro atoms. The summed E-state index contributed by atoms with van der Waals surface area (Å²) in [5.74, 6) is 0.357. The highest BCUT2D eigenvalue weighted by Crippen LogP contribution is 2.07. The number of aromatic nitrogens is 3. The Labute approximate surface area is 97.7 Å². The number of hydrogen-bond acceptors (Lipinski definition) is 4. The highest BCUT2D eigenvalue weighted by atomic mass is 16.3. The van der Waals surface area contributed by atoms with Gasteiger partial charge in [-0.2, -0.15) is 0 Å². The number of fused-ring (bicyclic) bond motifs is 1. The second-order valence-corrected chi connectivity index (χ2v) is 3.53. The Balaban J connectivity index is 2.16. The Morgan fingerprint density at radius 1 is 1.53 bits per heavy atom. The predicted octanol–water partition coefficient (Wildman–Crippen LogP) is 0.185. The van der Waals surface area contributed by atoms with Crippen molar-refractivity contribution >= 4 is 17.6 Å². The van der Waals surface area contributed by atoms with Gasteiger partial charge in [0.05, 0.1) is 6.61 Å². The monoisotopic (exact) mass is 235 g/mol. The van der Waals surface area contributed by atoms with Crippen LogP contribution >= 0.6 is 0 Å². The summed E-state index contributed by atoms with van der Waals surface area (Å²) in [4.78, 5) is 13.0. The summed E-state index contributed by atoms with van der Waals surface area (Å²) in [5.41, 5.74) is 0.660. The number of anilines is 1. The lowest BCUT2D eigenvalue weighted by atomic mass is 10.5. The molecular weight excluding hydrogens is 222 g/mol. The van der Waals surface area contributed by atoms with Gasteiger partial charge in [-0.3, -0.25) is 9.72 Å². The van der Waals surface area contributed by atoms with Crippen molar-refractivity contribution in [1.29, 1.82) is 0 Å². The van der Waals surface area contributed by atoms with Crippen LogP contribution in [-0.4, -0.2) is 50.8 Å². The highest BCUT2D eigenvalue weighted by molar-refractivity contribution is 5.87. The van der Waals surface area contributed by atoms with Crippen molar-refractivity contribution in [1.82, 2.24) is 19.5 Å². The fourth-order valence-corrected chi connectivity index (χ4v) is 1.37. The van der Waals surface area contributed by atoms with Gasteiger partial charge < -0.3 is 10.0 Å². The van der Waals surface area contributed by atoms with Crippen molar-refractivity contribution in [2.24, 2.45) is 0 Å². The van der Waals surface area contributed by atoms with Gasteiger partial charge in [0.1, 0.15) is 0 Å². The molecule has 0 aromatic carbocycles. The van der Waals surface area contributed by atoms with E-state index in [0.29, 0.717) is 11.6 Å². The van der Waals surface area contributed by atoms with Crippen LogP contribution in [0.5, 0.6) is 0 Å². The lowest BCUT2D eigenvalue weighted by Crippen LogP contribution is -2.34. The van der Waals surface area contributed by atoms with Crippen LogP contribution in [0, 0.1) is 0 Å². The van der Waals surface area contributed by atoms with Gasteiger partial charge in [0.2, 0.25) is 5.95 Å². The van der Waals surface area contributed by atoms with E-state index in [1.54, 1.807) is 23.7 Å². The van der Waals surface area contributed by atoms with Crippen molar-refractivity contribution < 1.29 is 9.90 Å². The minimum Gasteiger partial charge on any atom is -0.395 e. The van der Waals surface area contributed by atoms with E-state index < -0.39 is 0 Å². The quantitative estimate of drug-likeness (QED) is 0.795. The Hall–Kier alpha value is -2.15. The molecule has 90 valence electrons. The van der Waals surface area contributed by atoms with Crippen LogP contribution in [0.2, 0.25) is 0 Å². The lowest BCUT2D eigenvalue weighted by Gasteiger charge is -2.15. The van der Waals surface area contributed by atoms with E-state index in [-0.39, 0.29) is 19.2 Å².